The van der Waals surface area contributed by atoms with Crippen LogP contribution in [0.4, 0.5) is 5.82 Å². The van der Waals surface area contributed by atoms with Gasteiger partial charge in [0.15, 0.2) is 0 Å². The Morgan fingerprint density at radius 1 is 1.05 bits per heavy atom. The second-order valence-electron chi connectivity index (χ2n) is 6.84. The van der Waals surface area contributed by atoms with Crippen LogP contribution in [-0.2, 0) is 0 Å². The first-order valence-corrected chi connectivity index (χ1v) is 7.73. The van der Waals surface area contributed by atoms with Crippen molar-refractivity contribution in [1.29, 1.82) is 0 Å². The second-order valence-corrected chi connectivity index (χ2v) is 6.84. The van der Waals surface area contributed by atoms with E-state index in [1.807, 2.05) is 24.3 Å². The normalized spacial score (nSPS) is 18.6. The third kappa shape index (κ3) is 3.23. The third-order valence-corrected chi connectivity index (χ3v) is 4.54. The number of hydrogen-bond acceptors (Lipinski definition) is 3. The van der Waals surface area contributed by atoms with Gasteiger partial charge in [0.05, 0.1) is 5.69 Å². The highest BCUT2D eigenvalue weighted by atomic mass is 15.0. The van der Waals surface area contributed by atoms with Gasteiger partial charge in [-0.1, -0.05) is 44.2 Å². The minimum atomic E-state index is 0.448. The Balaban J connectivity index is 1.89. The van der Waals surface area contributed by atoms with Gasteiger partial charge in [-0.25, -0.2) is 9.97 Å². The summed E-state index contributed by atoms with van der Waals surface area (Å²) in [5.41, 5.74) is 8.50. The van der Waals surface area contributed by atoms with Crippen molar-refractivity contribution in [2.75, 3.05) is 5.73 Å². The molecule has 0 unspecified atom stereocenters. The molecule has 0 atom stereocenters. The van der Waals surface area contributed by atoms with E-state index in [1.165, 1.54) is 12.8 Å². The standard InChI is InChI=1S/C18H23N3/c1-18(2)10-8-14(9-11-18)17-20-15(12-16(19)21-17)13-6-4-3-5-7-13/h3-7,12,14H,8-11H2,1-2H3,(H2,19,20,21). The van der Waals surface area contributed by atoms with E-state index in [0.717, 1.165) is 29.9 Å². The SMILES string of the molecule is CC1(C)CCC(c2nc(N)cc(-c3ccccc3)n2)CC1. The molecule has 3 rings (SSSR count). The average molecular weight is 281 g/mol. The summed E-state index contributed by atoms with van der Waals surface area (Å²) in [6, 6.07) is 12.1. The number of nitrogen functional groups attached to an aromatic ring is 1. The summed E-state index contributed by atoms with van der Waals surface area (Å²) in [7, 11) is 0. The van der Waals surface area contributed by atoms with Crippen LogP contribution in [0.1, 0.15) is 51.3 Å². The van der Waals surface area contributed by atoms with Crippen molar-refractivity contribution in [3.8, 4) is 11.3 Å². The number of nitrogens with two attached hydrogens (primary N) is 1. The lowest BCUT2D eigenvalue weighted by molar-refractivity contribution is 0.221. The summed E-state index contributed by atoms with van der Waals surface area (Å²) in [6.07, 6.45) is 4.78. The molecule has 1 aromatic carbocycles. The molecule has 1 aliphatic rings. The van der Waals surface area contributed by atoms with Crippen molar-refractivity contribution in [3.63, 3.8) is 0 Å². The van der Waals surface area contributed by atoms with Crippen molar-refractivity contribution in [2.45, 2.75) is 45.4 Å². The Morgan fingerprint density at radius 2 is 1.71 bits per heavy atom. The molecule has 0 radical (unpaired) electrons. The lowest BCUT2D eigenvalue weighted by atomic mass is 9.73. The zero-order chi connectivity index (χ0) is 14.9. The summed E-state index contributed by atoms with van der Waals surface area (Å²) >= 11 is 0. The molecule has 2 aromatic rings. The fourth-order valence-electron chi connectivity index (χ4n) is 3.08. The fraction of sp³-hybridized carbons (Fsp3) is 0.444. The Labute approximate surface area is 126 Å². The van der Waals surface area contributed by atoms with Gasteiger partial charge in [0, 0.05) is 17.5 Å². The smallest absolute Gasteiger partial charge is 0.134 e. The zero-order valence-corrected chi connectivity index (χ0v) is 12.8. The molecule has 0 saturated heterocycles. The molecular weight excluding hydrogens is 258 g/mol. The van der Waals surface area contributed by atoms with Gasteiger partial charge in [0.1, 0.15) is 11.6 Å². The van der Waals surface area contributed by atoms with Crippen LogP contribution in [-0.4, -0.2) is 9.97 Å². The summed E-state index contributed by atoms with van der Waals surface area (Å²) in [4.78, 5) is 9.28. The number of nitrogens with zero attached hydrogens (tertiary/aromatic N) is 2. The summed E-state index contributed by atoms with van der Waals surface area (Å²) in [5.74, 6) is 1.94. The number of benzene rings is 1. The maximum atomic E-state index is 6.01. The highest BCUT2D eigenvalue weighted by Gasteiger charge is 2.29. The van der Waals surface area contributed by atoms with Crippen LogP contribution in [0.5, 0.6) is 0 Å². The second kappa shape index (κ2) is 5.47. The number of anilines is 1. The van der Waals surface area contributed by atoms with E-state index in [9.17, 15) is 0 Å². The summed E-state index contributed by atoms with van der Waals surface area (Å²) < 4.78 is 0. The van der Waals surface area contributed by atoms with E-state index in [-0.39, 0.29) is 0 Å². The molecule has 1 aliphatic carbocycles. The number of rotatable bonds is 2. The van der Waals surface area contributed by atoms with Crippen molar-refractivity contribution < 1.29 is 0 Å². The van der Waals surface area contributed by atoms with E-state index in [0.29, 0.717) is 17.2 Å². The predicted molar refractivity (Wildman–Crippen MR) is 86.9 cm³/mol. The van der Waals surface area contributed by atoms with Crippen molar-refractivity contribution >= 4 is 5.82 Å². The van der Waals surface area contributed by atoms with Crippen molar-refractivity contribution in [3.05, 3.63) is 42.2 Å². The van der Waals surface area contributed by atoms with Crippen LogP contribution in [0, 0.1) is 5.41 Å². The van der Waals surface area contributed by atoms with Crippen LogP contribution < -0.4 is 5.73 Å². The molecule has 2 N–H and O–H groups in total. The van der Waals surface area contributed by atoms with Gasteiger partial charge in [-0.05, 0) is 31.1 Å². The summed E-state index contributed by atoms with van der Waals surface area (Å²) in [6.45, 7) is 4.69. The van der Waals surface area contributed by atoms with Crippen LogP contribution in [0.2, 0.25) is 0 Å². The van der Waals surface area contributed by atoms with Crippen LogP contribution in [0.3, 0.4) is 0 Å². The van der Waals surface area contributed by atoms with E-state index in [2.05, 4.69) is 31.0 Å². The van der Waals surface area contributed by atoms with Crippen molar-refractivity contribution in [2.24, 2.45) is 5.41 Å². The van der Waals surface area contributed by atoms with E-state index in [4.69, 9.17) is 10.7 Å². The van der Waals surface area contributed by atoms with E-state index in [1.54, 1.807) is 0 Å². The van der Waals surface area contributed by atoms with Gasteiger partial charge < -0.3 is 5.73 Å². The zero-order valence-electron chi connectivity index (χ0n) is 12.8. The average Bonchev–Trinajstić information content (AvgIpc) is 2.47. The van der Waals surface area contributed by atoms with Gasteiger partial charge in [-0.3, -0.25) is 0 Å². The lowest BCUT2D eigenvalue weighted by Gasteiger charge is -2.33. The molecule has 1 saturated carbocycles. The maximum Gasteiger partial charge on any atom is 0.134 e. The molecule has 0 bridgehead atoms. The van der Waals surface area contributed by atoms with Gasteiger partial charge in [0.2, 0.25) is 0 Å². The molecule has 21 heavy (non-hydrogen) atoms. The Morgan fingerprint density at radius 3 is 2.38 bits per heavy atom. The van der Waals surface area contributed by atoms with E-state index < -0.39 is 0 Å². The molecule has 0 amide bonds. The molecule has 0 spiro atoms. The largest absolute Gasteiger partial charge is 0.384 e. The first-order chi connectivity index (χ1) is 10.0. The summed E-state index contributed by atoms with van der Waals surface area (Å²) in [5, 5.41) is 0. The minimum Gasteiger partial charge on any atom is -0.384 e. The molecule has 0 aliphatic heterocycles. The molecular formula is C18H23N3. The number of hydrogen-bond donors (Lipinski definition) is 1. The van der Waals surface area contributed by atoms with Gasteiger partial charge in [-0.2, -0.15) is 0 Å². The van der Waals surface area contributed by atoms with Crippen LogP contribution in [0.15, 0.2) is 36.4 Å². The Bertz CT molecular complexity index is 610. The van der Waals surface area contributed by atoms with Gasteiger partial charge in [0.25, 0.3) is 0 Å². The molecule has 3 heteroatoms. The molecule has 1 fully saturated rings. The minimum absolute atomic E-state index is 0.448. The quantitative estimate of drug-likeness (QED) is 0.887. The van der Waals surface area contributed by atoms with Crippen LogP contribution in [0.25, 0.3) is 11.3 Å². The molecule has 1 heterocycles. The molecule has 110 valence electrons. The number of aromatic nitrogens is 2. The lowest BCUT2D eigenvalue weighted by Crippen LogP contribution is -2.21. The van der Waals surface area contributed by atoms with Crippen molar-refractivity contribution in [1.82, 2.24) is 9.97 Å². The Kier molecular flexibility index (Phi) is 3.66. The van der Waals surface area contributed by atoms with Gasteiger partial charge in [-0.15, -0.1) is 0 Å². The fourth-order valence-corrected chi connectivity index (χ4v) is 3.08. The first kappa shape index (κ1) is 14.1. The topological polar surface area (TPSA) is 51.8 Å². The van der Waals surface area contributed by atoms with Gasteiger partial charge >= 0.3 is 0 Å². The highest BCUT2D eigenvalue weighted by Crippen LogP contribution is 2.41. The Hall–Kier alpha value is -1.90. The first-order valence-electron chi connectivity index (χ1n) is 7.73. The highest BCUT2D eigenvalue weighted by molar-refractivity contribution is 5.61. The van der Waals surface area contributed by atoms with Crippen LogP contribution >= 0.6 is 0 Å². The maximum absolute atomic E-state index is 6.01. The third-order valence-electron chi connectivity index (χ3n) is 4.54. The monoisotopic (exact) mass is 281 g/mol. The predicted octanol–water partition coefficient (Wildman–Crippen LogP) is 4.41. The molecule has 1 aromatic heterocycles. The van der Waals surface area contributed by atoms with E-state index >= 15 is 0 Å². The molecule has 3 nitrogen and oxygen atoms in total.